The van der Waals surface area contributed by atoms with Crippen molar-refractivity contribution in [1.29, 1.82) is 0 Å². The van der Waals surface area contributed by atoms with Crippen LogP contribution < -0.4 is 0 Å². The molecule has 0 radical (unpaired) electrons. The van der Waals surface area contributed by atoms with Crippen molar-refractivity contribution in [3.05, 3.63) is 0 Å². The van der Waals surface area contributed by atoms with E-state index >= 15 is 0 Å². The molecule has 0 saturated carbocycles. The lowest BCUT2D eigenvalue weighted by Crippen LogP contribution is -2.32. The van der Waals surface area contributed by atoms with Gasteiger partial charge in [0.2, 0.25) is 11.8 Å². The number of likely N-dealkylation sites (tertiary alicyclic amines) is 1. The fourth-order valence-electron chi connectivity index (χ4n) is 2.15. The molecule has 0 aromatic heterocycles. The smallest absolute Gasteiger partial charge is 0.229 e. The average Bonchev–Trinajstić information content (AvgIpc) is 2.51. The van der Waals surface area contributed by atoms with E-state index in [0.29, 0.717) is 24.8 Å². The van der Waals surface area contributed by atoms with Crippen LogP contribution in [0.5, 0.6) is 0 Å². The van der Waals surface area contributed by atoms with Gasteiger partial charge in [-0.15, -0.1) is 0 Å². The molecule has 1 fully saturated rings. The minimum atomic E-state index is -0.527. The summed E-state index contributed by atoms with van der Waals surface area (Å²) in [5.41, 5.74) is 0.521. The van der Waals surface area contributed by atoms with E-state index in [0.717, 1.165) is 0 Å². The summed E-state index contributed by atoms with van der Waals surface area (Å²) in [6.45, 7) is 6.29. The Hall–Kier alpha value is -0.973. The van der Waals surface area contributed by atoms with Gasteiger partial charge in [-0.25, -0.2) is 0 Å². The maximum atomic E-state index is 12.0. The molecule has 0 spiro atoms. The van der Waals surface area contributed by atoms with E-state index in [4.69, 9.17) is 0 Å². The van der Waals surface area contributed by atoms with Crippen LogP contribution in [-0.4, -0.2) is 38.6 Å². The van der Waals surface area contributed by atoms with Crippen LogP contribution in [0.4, 0.5) is 0 Å². The van der Waals surface area contributed by atoms with Crippen molar-refractivity contribution in [1.82, 2.24) is 4.90 Å². The first kappa shape index (κ1) is 14.1. The number of nitrogens with zero attached hydrogens (tertiary/aromatic N) is 1. The Bertz CT molecular complexity index is 328. The highest BCUT2D eigenvalue weighted by Gasteiger charge is 2.38. The minimum absolute atomic E-state index is 0.0285. The van der Waals surface area contributed by atoms with Gasteiger partial charge >= 0.3 is 0 Å². The van der Waals surface area contributed by atoms with Crippen LogP contribution in [0.3, 0.4) is 0 Å². The van der Waals surface area contributed by atoms with Crippen LogP contribution in [0.2, 0.25) is 11.1 Å². The van der Waals surface area contributed by atoms with Crippen LogP contribution in [0.1, 0.15) is 40.0 Å². The third-order valence-corrected chi connectivity index (χ3v) is 5.25. The maximum Gasteiger partial charge on any atom is 0.229 e. The number of hydrogen-bond acceptors (Lipinski definition) is 3. The van der Waals surface area contributed by atoms with Gasteiger partial charge in [-0.2, -0.15) is 0 Å². The molecule has 0 aromatic rings. The number of carbonyl (C=O) groups is 3. The molecule has 17 heavy (non-hydrogen) atoms. The fraction of sp³-hybridized carbons (Fsp3) is 0.750. The quantitative estimate of drug-likeness (QED) is 0.523. The van der Waals surface area contributed by atoms with Crippen molar-refractivity contribution in [3.63, 3.8) is 0 Å². The fourth-order valence-corrected chi connectivity index (χ4v) is 4.13. The third kappa shape index (κ3) is 3.76. The monoisotopic (exact) mass is 255 g/mol. The normalized spacial score (nSPS) is 21.2. The SMILES string of the molecule is CCC(=O)CCN1C(=O)CC([SiH2]C(C)C)C1=O. The van der Waals surface area contributed by atoms with Gasteiger partial charge in [0.05, 0.1) is 0 Å². The van der Waals surface area contributed by atoms with E-state index < -0.39 is 9.52 Å². The number of ketones is 1. The van der Waals surface area contributed by atoms with Crippen LogP contribution in [0.15, 0.2) is 0 Å². The summed E-state index contributed by atoms with van der Waals surface area (Å²) >= 11 is 0. The number of rotatable bonds is 6. The van der Waals surface area contributed by atoms with E-state index in [2.05, 4.69) is 13.8 Å². The number of Topliss-reactive ketones (excluding diaryl/α,β-unsaturated/α-hetero) is 1. The van der Waals surface area contributed by atoms with Gasteiger partial charge in [0.25, 0.3) is 0 Å². The van der Waals surface area contributed by atoms with Gasteiger partial charge in [-0.1, -0.05) is 26.3 Å². The van der Waals surface area contributed by atoms with Gasteiger partial charge in [0.15, 0.2) is 0 Å². The standard InChI is InChI=1S/C12H21NO3Si/c1-4-9(14)5-6-13-11(15)7-10(12(13)16)17-8(2)3/h8,10H,4-7,17H2,1-3H3. The second-order valence-electron chi connectivity index (χ2n) is 5.06. The Kier molecular flexibility index (Phi) is 5.05. The van der Waals surface area contributed by atoms with E-state index in [1.807, 2.05) is 0 Å². The minimum Gasteiger partial charge on any atom is -0.300 e. The highest BCUT2D eigenvalue weighted by molar-refractivity contribution is 6.47. The van der Waals surface area contributed by atoms with E-state index in [-0.39, 0.29) is 29.7 Å². The summed E-state index contributed by atoms with van der Waals surface area (Å²) in [6, 6.07) is 0. The molecule has 0 bridgehead atoms. The maximum absolute atomic E-state index is 12.0. The van der Waals surface area contributed by atoms with Crippen molar-refractivity contribution in [2.75, 3.05) is 6.54 Å². The highest BCUT2D eigenvalue weighted by Crippen LogP contribution is 2.27. The predicted molar refractivity (Wildman–Crippen MR) is 68.6 cm³/mol. The molecule has 0 aliphatic carbocycles. The molecule has 1 heterocycles. The van der Waals surface area contributed by atoms with Crippen LogP contribution in [-0.2, 0) is 14.4 Å². The molecular weight excluding hydrogens is 234 g/mol. The first-order valence-corrected chi connectivity index (χ1v) is 7.94. The molecule has 1 aliphatic heterocycles. The van der Waals surface area contributed by atoms with Crippen molar-refractivity contribution >= 4 is 27.1 Å². The van der Waals surface area contributed by atoms with Gasteiger partial charge < -0.3 is 0 Å². The molecule has 1 saturated heterocycles. The lowest BCUT2D eigenvalue weighted by Gasteiger charge is -2.14. The van der Waals surface area contributed by atoms with E-state index in [9.17, 15) is 14.4 Å². The summed E-state index contributed by atoms with van der Waals surface area (Å²) in [5, 5.41) is 0. The van der Waals surface area contributed by atoms with Crippen molar-refractivity contribution in [2.24, 2.45) is 0 Å². The molecule has 5 heteroatoms. The largest absolute Gasteiger partial charge is 0.300 e. The molecule has 96 valence electrons. The Balaban J connectivity index is 2.53. The molecule has 1 atom stereocenters. The molecule has 4 nitrogen and oxygen atoms in total. The summed E-state index contributed by atoms with van der Waals surface area (Å²) in [4.78, 5) is 36.2. The Morgan fingerprint density at radius 2 is 2.12 bits per heavy atom. The van der Waals surface area contributed by atoms with E-state index in [1.165, 1.54) is 4.90 Å². The number of carbonyl (C=O) groups excluding carboxylic acids is 3. The summed E-state index contributed by atoms with van der Waals surface area (Å²) in [7, 11) is -0.527. The van der Waals surface area contributed by atoms with E-state index in [1.54, 1.807) is 6.92 Å². The van der Waals surface area contributed by atoms with Crippen molar-refractivity contribution in [2.45, 2.75) is 51.1 Å². The predicted octanol–water partition coefficient (Wildman–Crippen LogP) is 0.900. The lowest BCUT2D eigenvalue weighted by molar-refractivity contribution is -0.138. The first-order valence-electron chi connectivity index (χ1n) is 6.31. The molecule has 1 rings (SSSR count). The topological polar surface area (TPSA) is 54.5 Å². The second kappa shape index (κ2) is 6.09. The Morgan fingerprint density at radius 3 is 2.65 bits per heavy atom. The summed E-state index contributed by atoms with van der Waals surface area (Å²) < 4.78 is 0. The van der Waals surface area contributed by atoms with Crippen LogP contribution >= 0.6 is 0 Å². The Morgan fingerprint density at radius 1 is 1.47 bits per heavy atom. The molecule has 1 aliphatic rings. The van der Waals surface area contributed by atoms with Gasteiger partial charge in [0.1, 0.15) is 5.78 Å². The van der Waals surface area contributed by atoms with Crippen LogP contribution in [0.25, 0.3) is 0 Å². The molecule has 0 N–H and O–H groups in total. The Labute approximate surface area is 105 Å². The first-order chi connectivity index (χ1) is 7.95. The molecule has 2 amide bonds. The highest BCUT2D eigenvalue weighted by atomic mass is 28.2. The van der Waals surface area contributed by atoms with Gasteiger partial charge in [-0.3, -0.25) is 19.3 Å². The van der Waals surface area contributed by atoms with Gasteiger partial charge in [0, 0.05) is 40.9 Å². The molecular formula is C12H21NO3Si. The van der Waals surface area contributed by atoms with Crippen molar-refractivity contribution < 1.29 is 14.4 Å². The molecule has 1 unspecified atom stereocenters. The zero-order valence-electron chi connectivity index (χ0n) is 10.9. The number of imide groups is 1. The third-order valence-electron chi connectivity index (χ3n) is 3.10. The van der Waals surface area contributed by atoms with Gasteiger partial charge in [-0.05, 0) is 0 Å². The second-order valence-corrected chi connectivity index (χ2v) is 8.15. The summed E-state index contributed by atoms with van der Waals surface area (Å²) in [5.74, 6) is -0.00789. The zero-order chi connectivity index (χ0) is 13.0. The number of hydrogen-bond donors (Lipinski definition) is 0. The zero-order valence-corrected chi connectivity index (χ0v) is 12.3. The van der Waals surface area contributed by atoms with Crippen molar-refractivity contribution in [3.8, 4) is 0 Å². The lowest BCUT2D eigenvalue weighted by atomic mass is 10.2. The number of amides is 2. The molecule has 0 aromatic carbocycles. The average molecular weight is 255 g/mol. The van der Waals surface area contributed by atoms with Crippen LogP contribution in [0, 0.1) is 0 Å². The summed E-state index contributed by atoms with van der Waals surface area (Å²) in [6.07, 6.45) is 1.16.